The van der Waals surface area contributed by atoms with E-state index < -0.39 is 5.97 Å². The van der Waals surface area contributed by atoms with Crippen molar-refractivity contribution in [3.8, 4) is 0 Å². The highest BCUT2D eigenvalue weighted by Gasteiger charge is 2.16. The van der Waals surface area contributed by atoms with E-state index in [1.807, 2.05) is 24.3 Å². The van der Waals surface area contributed by atoms with E-state index in [1.165, 1.54) is 26.2 Å². The molecule has 1 heterocycles. The maximum absolute atomic E-state index is 11.1. The summed E-state index contributed by atoms with van der Waals surface area (Å²) in [6.45, 7) is 8.53. The lowest BCUT2D eigenvalue weighted by molar-refractivity contribution is -0.140. The Balaban J connectivity index is 2.14. The van der Waals surface area contributed by atoms with Crippen LogP contribution in [-0.2, 0) is 16.2 Å². The van der Waals surface area contributed by atoms with Crippen LogP contribution in [-0.4, -0.2) is 16.2 Å². The van der Waals surface area contributed by atoms with Gasteiger partial charge in [0.2, 0.25) is 0 Å². The highest BCUT2D eigenvalue weighted by atomic mass is 16.7. The molecular weight excluding hydrogens is 378 g/mol. The van der Waals surface area contributed by atoms with Gasteiger partial charge in [-0.1, -0.05) is 44.3 Å². The average molecular weight is 408 g/mol. The standard InChI is InChI=1S/C24H29N3O3/c1-5-7-8-18(6-2)15-27-23-11-9-19(16(3)26-30-17(4)28)13-21(23)22-14-20(25-29)10-12-24(22)27/h9-14,18H,5-8,15H2,1-4H3/b26-16+. The molecule has 3 aromatic rings. The summed E-state index contributed by atoms with van der Waals surface area (Å²) in [5, 5.41) is 9.06. The van der Waals surface area contributed by atoms with E-state index in [1.54, 1.807) is 13.0 Å². The van der Waals surface area contributed by atoms with Crippen LogP contribution < -0.4 is 0 Å². The minimum Gasteiger partial charge on any atom is -0.340 e. The van der Waals surface area contributed by atoms with Gasteiger partial charge in [-0.3, -0.25) is 0 Å². The number of benzene rings is 2. The second-order valence-corrected chi connectivity index (χ2v) is 7.81. The topological polar surface area (TPSA) is 73.0 Å². The number of rotatable bonds is 9. The summed E-state index contributed by atoms with van der Waals surface area (Å²) in [5.41, 5.74) is 4.11. The molecule has 0 spiro atoms. The van der Waals surface area contributed by atoms with E-state index in [4.69, 9.17) is 4.84 Å². The lowest BCUT2D eigenvalue weighted by atomic mass is 9.99. The number of nitroso groups, excluding NO2 is 1. The smallest absolute Gasteiger partial charge is 0.331 e. The van der Waals surface area contributed by atoms with Crippen LogP contribution in [0, 0.1) is 10.8 Å². The van der Waals surface area contributed by atoms with E-state index in [-0.39, 0.29) is 0 Å². The summed E-state index contributed by atoms with van der Waals surface area (Å²) in [7, 11) is 0. The van der Waals surface area contributed by atoms with Gasteiger partial charge in [-0.05, 0) is 60.3 Å². The van der Waals surface area contributed by atoms with Crippen LogP contribution in [0.5, 0.6) is 0 Å². The molecule has 3 rings (SSSR count). The molecule has 0 aliphatic carbocycles. The maximum Gasteiger partial charge on any atom is 0.331 e. The number of hydrogen-bond acceptors (Lipinski definition) is 5. The Morgan fingerprint density at radius 1 is 1.07 bits per heavy atom. The number of nitrogens with zero attached hydrogens (tertiary/aromatic N) is 3. The van der Waals surface area contributed by atoms with Crippen molar-refractivity contribution in [2.24, 2.45) is 16.3 Å². The number of hydrogen-bond donors (Lipinski definition) is 0. The predicted octanol–water partition coefficient (Wildman–Crippen LogP) is 6.70. The van der Waals surface area contributed by atoms with Crippen LogP contribution in [0.15, 0.2) is 46.7 Å². The van der Waals surface area contributed by atoms with Crippen molar-refractivity contribution >= 4 is 39.2 Å². The number of carbonyl (C=O) groups is 1. The fourth-order valence-electron chi connectivity index (χ4n) is 3.93. The number of oxime groups is 1. The summed E-state index contributed by atoms with van der Waals surface area (Å²) in [6, 6.07) is 11.7. The van der Waals surface area contributed by atoms with Crippen molar-refractivity contribution in [2.75, 3.05) is 0 Å². The molecule has 2 aromatic carbocycles. The van der Waals surface area contributed by atoms with Crippen LogP contribution in [0.2, 0.25) is 0 Å². The van der Waals surface area contributed by atoms with Crippen molar-refractivity contribution in [1.29, 1.82) is 0 Å². The minimum atomic E-state index is -0.452. The Labute approximate surface area is 176 Å². The van der Waals surface area contributed by atoms with Gasteiger partial charge in [0.15, 0.2) is 0 Å². The lowest BCUT2D eigenvalue weighted by Gasteiger charge is -2.17. The molecule has 0 bridgehead atoms. The molecular formula is C24H29N3O3. The zero-order chi connectivity index (χ0) is 21.7. The Bertz CT molecular complexity index is 1100. The first-order valence-corrected chi connectivity index (χ1v) is 10.6. The molecule has 0 N–H and O–H groups in total. The Kier molecular flexibility index (Phi) is 6.98. The van der Waals surface area contributed by atoms with Gasteiger partial charge in [0, 0.05) is 35.3 Å². The predicted molar refractivity (Wildman–Crippen MR) is 122 cm³/mol. The molecule has 1 atom stereocenters. The van der Waals surface area contributed by atoms with Crippen LogP contribution in [0.3, 0.4) is 0 Å². The molecule has 30 heavy (non-hydrogen) atoms. The van der Waals surface area contributed by atoms with Crippen molar-refractivity contribution in [2.45, 2.75) is 59.9 Å². The SMILES string of the molecule is CCCCC(CC)Cn1c2ccc(N=O)cc2c2cc(/C(C)=N/OC(C)=O)ccc21. The zero-order valence-electron chi connectivity index (χ0n) is 18.1. The Hall–Kier alpha value is -3.02. The van der Waals surface area contributed by atoms with Crippen molar-refractivity contribution in [3.63, 3.8) is 0 Å². The number of fused-ring (bicyclic) bond motifs is 3. The van der Waals surface area contributed by atoms with E-state index in [0.29, 0.717) is 17.3 Å². The van der Waals surface area contributed by atoms with Crippen LogP contribution in [0.25, 0.3) is 21.8 Å². The monoisotopic (exact) mass is 407 g/mol. The molecule has 0 amide bonds. The first-order valence-electron chi connectivity index (χ1n) is 10.6. The fourth-order valence-corrected chi connectivity index (χ4v) is 3.93. The van der Waals surface area contributed by atoms with Gasteiger partial charge in [0.05, 0.1) is 5.71 Å². The molecule has 1 aromatic heterocycles. The molecule has 0 aliphatic heterocycles. The first kappa shape index (κ1) is 21.7. The van der Waals surface area contributed by atoms with Gasteiger partial charge in [0.1, 0.15) is 5.69 Å². The fraction of sp³-hybridized carbons (Fsp3) is 0.417. The van der Waals surface area contributed by atoms with Gasteiger partial charge in [0.25, 0.3) is 0 Å². The molecule has 6 nitrogen and oxygen atoms in total. The number of carbonyl (C=O) groups excluding carboxylic acids is 1. The molecule has 0 saturated carbocycles. The van der Waals surface area contributed by atoms with Gasteiger partial charge in [-0.25, -0.2) is 4.79 Å². The molecule has 0 saturated heterocycles. The third-order valence-electron chi connectivity index (χ3n) is 5.67. The molecule has 6 heteroatoms. The summed E-state index contributed by atoms with van der Waals surface area (Å²) in [5.74, 6) is 0.144. The Morgan fingerprint density at radius 3 is 2.40 bits per heavy atom. The summed E-state index contributed by atoms with van der Waals surface area (Å²) >= 11 is 0. The van der Waals surface area contributed by atoms with Crippen LogP contribution in [0.4, 0.5) is 5.69 Å². The summed E-state index contributed by atoms with van der Waals surface area (Å²) < 4.78 is 2.35. The van der Waals surface area contributed by atoms with Crippen molar-refractivity contribution in [3.05, 3.63) is 46.9 Å². The van der Waals surface area contributed by atoms with Gasteiger partial charge >= 0.3 is 5.97 Å². The van der Waals surface area contributed by atoms with E-state index in [9.17, 15) is 9.70 Å². The van der Waals surface area contributed by atoms with Gasteiger partial charge in [-0.2, -0.15) is 0 Å². The Morgan fingerprint density at radius 2 is 1.77 bits per heavy atom. The summed E-state index contributed by atoms with van der Waals surface area (Å²) in [6.07, 6.45) is 4.75. The second-order valence-electron chi connectivity index (χ2n) is 7.81. The quantitative estimate of drug-likeness (QED) is 0.171. The minimum absolute atomic E-state index is 0.412. The highest BCUT2D eigenvalue weighted by molar-refractivity contribution is 6.12. The summed E-state index contributed by atoms with van der Waals surface area (Å²) in [4.78, 5) is 27.0. The van der Waals surface area contributed by atoms with Crippen LogP contribution in [0.1, 0.15) is 58.9 Å². The third kappa shape index (κ3) is 4.58. The van der Waals surface area contributed by atoms with Crippen molar-refractivity contribution in [1.82, 2.24) is 4.57 Å². The zero-order valence-corrected chi connectivity index (χ0v) is 18.1. The molecule has 1 unspecified atom stereocenters. The molecule has 0 aliphatic rings. The lowest BCUT2D eigenvalue weighted by Crippen LogP contribution is -2.10. The van der Waals surface area contributed by atoms with Crippen molar-refractivity contribution < 1.29 is 9.63 Å². The number of unbranched alkanes of at least 4 members (excludes halogenated alkanes) is 1. The molecule has 0 fully saturated rings. The average Bonchev–Trinajstić information content (AvgIpc) is 3.06. The van der Waals surface area contributed by atoms with Crippen LogP contribution >= 0.6 is 0 Å². The van der Waals surface area contributed by atoms with E-state index in [2.05, 4.69) is 34.8 Å². The number of aromatic nitrogens is 1. The molecule has 0 radical (unpaired) electrons. The van der Waals surface area contributed by atoms with Gasteiger partial charge in [-0.15, -0.1) is 4.91 Å². The van der Waals surface area contributed by atoms with E-state index >= 15 is 0 Å². The van der Waals surface area contributed by atoms with E-state index in [0.717, 1.165) is 40.3 Å². The normalized spacial score (nSPS) is 13.0. The highest BCUT2D eigenvalue weighted by Crippen LogP contribution is 2.34. The van der Waals surface area contributed by atoms with Gasteiger partial charge < -0.3 is 9.40 Å². The second kappa shape index (κ2) is 9.65. The largest absolute Gasteiger partial charge is 0.340 e. The third-order valence-corrected chi connectivity index (χ3v) is 5.67. The molecule has 158 valence electrons. The first-order chi connectivity index (χ1) is 14.5. The maximum atomic E-state index is 11.1.